The van der Waals surface area contributed by atoms with Gasteiger partial charge in [-0.05, 0) is 56.0 Å². The van der Waals surface area contributed by atoms with Gasteiger partial charge in [0.1, 0.15) is 12.2 Å². The molecule has 20 heavy (non-hydrogen) atoms. The summed E-state index contributed by atoms with van der Waals surface area (Å²) in [6.07, 6.45) is 6.76. The number of hydrogen-bond acceptors (Lipinski definition) is 3. The molecule has 2 rings (SSSR count). The Hall–Kier alpha value is -0.900. The zero-order valence-corrected chi connectivity index (χ0v) is 13.7. The Labute approximate surface area is 123 Å². The summed E-state index contributed by atoms with van der Waals surface area (Å²) >= 11 is 0. The molecular weight excluding hydrogens is 248 g/mol. The summed E-state index contributed by atoms with van der Waals surface area (Å²) in [5.41, 5.74) is 0.419. The van der Waals surface area contributed by atoms with E-state index in [4.69, 9.17) is 0 Å². The van der Waals surface area contributed by atoms with Gasteiger partial charge in [0.05, 0.1) is 0 Å². The number of aromatic nitrogens is 3. The smallest absolute Gasteiger partial charge is 0.138 e. The van der Waals surface area contributed by atoms with E-state index in [0.717, 1.165) is 36.5 Å². The first kappa shape index (κ1) is 15.5. The number of nitrogens with one attached hydrogen (secondary N) is 1. The van der Waals surface area contributed by atoms with Gasteiger partial charge in [-0.15, -0.1) is 0 Å². The lowest BCUT2D eigenvalue weighted by atomic mass is 9.64. The van der Waals surface area contributed by atoms with Crippen LogP contribution in [0.3, 0.4) is 0 Å². The standard InChI is InChI=1S/C16H30N4/c1-16(2,3)14-7-6-12(10-17-4)13(8-14)9-15-18-11-19-20(15)5/h11-14,17H,6-10H2,1-5H3. The lowest BCUT2D eigenvalue weighted by molar-refractivity contribution is 0.0965. The first-order valence-electron chi connectivity index (χ1n) is 7.89. The molecule has 0 spiro atoms. The molecule has 1 N–H and O–H groups in total. The van der Waals surface area contributed by atoms with Crippen molar-refractivity contribution >= 4 is 0 Å². The Morgan fingerprint density at radius 2 is 2.05 bits per heavy atom. The van der Waals surface area contributed by atoms with Crippen molar-refractivity contribution in [2.24, 2.45) is 30.2 Å². The zero-order valence-electron chi connectivity index (χ0n) is 13.7. The lowest BCUT2D eigenvalue weighted by Gasteiger charge is -2.42. The highest BCUT2D eigenvalue weighted by atomic mass is 15.3. The van der Waals surface area contributed by atoms with Crippen LogP contribution in [0.25, 0.3) is 0 Å². The second-order valence-corrected chi connectivity index (χ2v) is 7.46. The molecule has 0 radical (unpaired) electrons. The number of nitrogens with zero attached hydrogens (tertiary/aromatic N) is 3. The third-order valence-corrected chi connectivity index (χ3v) is 5.08. The molecule has 1 aromatic rings. The van der Waals surface area contributed by atoms with Crippen molar-refractivity contribution in [3.8, 4) is 0 Å². The molecule has 4 nitrogen and oxygen atoms in total. The van der Waals surface area contributed by atoms with Crippen LogP contribution in [-0.2, 0) is 13.5 Å². The quantitative estimate of drug-likeness (QED) is 0.920. The van der Waals surface area contributed by atoms with Crippen LogP contribution in [0.2, 0.25) is 0 Å². The molecule has 1 aromatic heterocycles. The minimum Gasteiger partial charge on any atom is -0.319 e. The van der Waals surface area contributed by atoms with Crippen LogP contribution >= 0.6 is 0 Å². The van der Waals surface area contributed by atoms with Gasteiger partial charge in [0.2, 0.25) is 0 Å². The summed E-state index contributed by atoms with van der Waals surface area (Å²) < 4.78 is 1.93. The Balaban J connectivity index is 2.08. The molecular formula is C16H30N4. The van der Waals surface area contributed by atoms with Gasteiger partial charge >= 0.3 is 0 Å². The predicted octanol–water partition coefficient (Wildman–Crippen LogP) is 2.66. The highest BCUT2D eigenvalue weighted by molar-refractivity contribution is 4.93. The van der Waals surface area contributed by atoms with Gasteiger partial charge in [-0.2, -0.15) is 5.10 Å². The maximum atomic E-state index is 4.42. The second-order valence-electron chi connectivity index (χ2n) is 7.46. The molecule has 1 aliphatic rings. The van der Waals surface area contributed by atoms with Gasteiger partial charge in [0.15, 0.2) is 0 Å². The van der Waals surface area contributed by atoms with Crippen molar-refractivity contribution in [1.29, 1.82) is 0 Å². The van der Waals surface area contributed by atoms with Crippen molar-refractivity contribution in [1.82, 2.24) is 20.1 Å². The molecule has 1 aliphatic carbocycles. The average Bonchev–Trinajstić information content (AvgIpc) is 2.76. The maximum absolute atomic E-state index is 4.42. The van der Waals surface area contributed by atoms with E-state index < -0.39 is 0 Å². The fourth-order valence-electron chi connectivity index (χ4n) is 3.63. The van der Waals surface area contributed by atoms with Crippen LogP contribution in [-0.4, -0.2) is 28.4 Å². The van der Waals surface area contributed by atoms with Gasteiger partial charge in [-0.1, -0.05) is 20.8 Å². The van der Waals surface area contributed by atoms with E-state index in [0.29, 0.717) is 5.41 Å². The first-order valence-corrected chi connectivity index (χ1v) is 7.89. The van der Waals surface area contributed by atoms with Crippen LogP contribution in [0.5, 0.6) is 0 Å². The van der Waals surface area contributed by atoms with E-state index in [1.165, 1.54) is 19.3 Å². The fraction of sp³-hybridized carbons (Fsp3) is 0.875. The summed E-state index contributed by atoms with van der Waals surface area (Å²) in [5.74, 6) is 3.46. The summed E-state index contributed by atoms with van der Waals surface area (Å²) in [6.45, 7) is 8.28. The Morgan fingerprint density at radius 3 is 2.60 bits per heavy atom. The maximum Gasteiger partial charge on any atom is 0.138 e. The molecule has 0 bridgehead atoms. The summed E-state index contributed by atoms with van der Waals surface area (Å²) in [4.78, 5) is 4.42. The van der Waals surface area contributed by atoms with Crippen molar-refractivity contribution in [2.75, 3.05) is 13.6 Å². The Morgan fingerprint density at radius 1 is 1.30 bits per heavy atom. The SMILES string of the molecule is CNCC1CCC(C(C)(C)C)CC1Cc1ncnn1C. The van der Waals surface area contributed by atoms with Crippen molar-refractivity contribution < 1.29 is 0 Å². The minimum atomic E-state index is 0.419. The van der Waals surface area contributed by atoms with E-state index in [-0.39, 0.29) is 0 Å². The average molecular weight is 278 g/mol. The molecule has 4 heteroatoms. The molecule has 0 saturated heterocycles. The molecule has 0 aliphatic heterocycles. The summed E-state index contributed by atoms with van der Waals surface area (Å²) in [7, 11) is 4.06. The number of rotatable bonds is 4. The van der Waals surface area contributed by atoms with Gasteiger partial charge in [-0.3, -0.25) is 4.68 Å². The van der Waals surface area contributed by atoms with Gasteiger partial charge < -0.3 is 5.32 Å². The molecule has 1 fully saturated rings. The highest BCUT2D eigenvalue weighted by Crippen LogP contribution is 2.43. The minimum absolute atomic E-state index is 0.419. The van der Waals surface area contributed by atoms with Crippen molar-refractivity contribution in [3.05, 3.63) is 12.2 Å². The van der Waals surface area contributed by atoms with Gasteiger partial charge in [0.25, 0.3) is 0 Å². The molecule has 0 aromatic carbocycles. The molecule has 1 heterocycles. The summed E-state index contributed by atoms with van der Waals surface area (Å²) in [6, 6.07) is 0. The van der Waals surface area contributed by atoms with E-state index in [1.54, 1.807) is 6.33 Å². The molecule has 0 amide bonds. The Kier molecular flexibility index (Phi) is 4.84. The zero-order chi connectivity index (χ0) is 14.8. The third-order valence-electron chi connectivity index (χ3n) is 5.08. The number of hydrogen-bond donors (Lipinski definition) is 1. The number of aryl methyl sites for hydroxylation is 1. The summed E-state index contributed by atoms with van der Waals surface area (Å²) in [5, 5.41) is 7.58. The van der Waals surface area contributed by atoms with Crippen LogP contribution in [0.1, 0.15) is 45.9 Å². The van der Waals surface area contributed by atoms with E-state index >= 15 is 0 Å². The lowest BCUT2D eigenvalue weighted by Crippen LogP contribution is -2.37. The Bertz CT molecular complexity index is 418. The van der Waals surface area contributed by atoms with Crippen LogP contribution in [0.15, 0.2) is 6.33 Å². The first-order chi connectivity index (χ1) is 9.41. The molecule has 1 saturated carbocycles. The predicted molar refractivity (Wildman–Crippen MR) is 82.4 cm³/mol. The molecule has 3 unspecified atom stereocenters. The monoisotopic (exact) mass is 278 g/mol. The topological polar surface area (TPSA) is 42.7 Å². The second kappa shape index (κ2) is 6.25. The van der Waals surface area contributed by atoms with E-state index in [1.807, 2.05) is 11.7 Å². The van der Waals surface area contributed by atoms with Crippen molar-refractivity contribution in [2.45, 2.75) is 46.5 Å². The molecule has 3 atom stereocenters. The van der Waals surface area contributed by atoms with Gasteiger partial charge in [0, 0.05) is 13.5 Å². The molecule has 114 valence electrons. The van der Waals surface area contributed by atoms with Crippen LogP contribution in [0.4, 0.5) is 0 Å². The normalized spacial score (nSPS) is 27.8. The fourth-order valence-corrected chi connectivity index (χ4v) is 3.63. The van der Waals surface area contributed by atoms with Gasteiger partial charge in [-0.25, -0.2) is 4.98 Å². The van der Waals surface area contributed by atoms with E-state index in [2.05, 4.69) is 43.2 Å². The van der Waals surface area contributed by atoms with Crippen LogP contribution in [0, 0.1) is 23.2 Å². The highest BCUT2D eigenvalue weighted by Gasteiger charge is 2.36. The van der Waals surface area contributed by atoms with Crippen LogP contribution < -0.4 is 5.32 Å². The van der Waals surface area contributed by atoms with E-state index in [9.17, 15) is 0 Å². The third kappa shape index (κ3) is 3.60. The largest absolute Gasteiger partial charge is 0.319 e. The van der Waals surface area contributed by atoms with Crippen molar-refractivity contribution in [3.63, 3.8) is 0 Å².